The lowest BCUT2D eigenvalue weighted by atomic mass is 9.99. The summed E-state index contributed by atoms with van der Waals surface area (Å²) in [5, 5.41) is 0. The smallest absolute Gasteiger partial charge is 0.145 e. The monoisotopic (exact) mass is 337 g/mol. The Hall–Kier alpha value is -0.100. The summed E-state index contributed by atoms with van der Waals surface area (Å²) >= 11 is 8.14. The summed E-state index contributed by atoms with van der Waals surface area (Å²) in [6, 6.07) is 0. The molecule has 2 heterocycles. The van der Waals surface area contributed by atoms with Gasteiger partial charge in [0.15, 0.2) is 0 Å². The number of anilines is 1. The number of hydrogen-bond acceptors (Lipinski definition) is 3. The first-order valence-corrected chi connectivity index (χ1v) is 6.69. The van der Waals surface area contributed by atoms with Crippen molar-refractivity contribution in [1.29, 1.82) is 0 Å². The van der Waals surface area contributed by atoms with Crippen molar-refractivity contribution in [2.75, 3.05) is 23.9 Å². The van der Waals surface area contributed by atoms with E-state index in [1.165, 1.54) is 12.8 Å². The summed E-state index contributed by atoms with van der Waals surface area (Å²) in [5.41, 5.74) is 0. The van der Waals surface area contributed by atoms with Crippen LogP contribution in [0.2, 0.25) is 0 Å². The number of aromatic nitrogens is 2. The fourth-order valence-corrected chi connectivity index (χ4v) is 2.79. The molecule has 0 atom stereocenters. The average Bonchev–Trinajstić information content (AvgIpc) is 2.30. The molecule has 0 N–H and O–H groups in total. The molecule has 15 heavy (non-hydrogen) atoms. The predicted molar refractivity (Wildman–Crippen MR) is 70.4 cm³/mol. The SMILES string of the molecule is ClCC1CCN(c2ncncc2I)CC1. The van der Waals surface area contributed by atoms with Crippen LogP contribution in [0.5, 0.6) is 0 Å². The van der Waals surface area contributed by atoms with Crippen LogP contribution >= 0.6 is 34.2 Å². The summed E-state index contributed by atoms with van der Waals surface area (Å²) in [5.74, 6) is 2.54. The number of hydrogen-bond donors (Lipinski definition) is 0. The van der Waals surface area contributed by atoms with Gasteiger partial charge in [-0.3, -0.25) is 0 Å². The van der Waals surface area contributed by atoms with Gasteiger partial charge in [0.2, 0.25) is 0 Å². The van der Waals surface area contributed by atoms with Gasteiger partial charge in [-0.05, 0) is 41.4 Å². The van der Waals surface area contributed by atoms with Crippen molar-refractivity contribution in [1.82, 2.24) is 9.97 Å². The Bertz CT molecular complexity index is 326. The third-order valence-corrected chi connectivity index (χ3v) is 3.98. The van der Waals surface area contributed by atoms with E-state index in [9.17, 15) is 0 Å². The van der Waals surface area contributed by atoms with Crippen molar-refractivity contribution in [2.45, 2.75) is 12.8 Å². The molecule has 0 saturated carbocycles. The first kappa shape index (κ1) is 11.4. The van der Waals surface area contributed by atoms with Gasteiger partial charge in [0.25, 0.3) is 0 Å². The van der Waals surface area contributed by atoms with Gasteiger partial charge < -0.3 is 4.90 Å². The zero-order valence-corrected chi connectivity index (χ0v) is 11.3. The highest BCUT2D eigenvalue weighted by Gasteiger charge is 2.20. The third kappa shape index (κ3) is 2.72. The minimum Gasteiger partial charge on any atom is -0.356 e. The van der Waals surface area contributed by atoms with Gasteiger partial charge in [-0.25, -0.2) is 9.97 Å². The molecule has 1 aromatic heterocycles. The molecule has 2 rings (SSSR count). The molecule has 0 amide bonds. The summed E-state index contributed by atoms with van der Waals surface area (Å²) in [4.78, 5) is 10.7. The minimum absolute atomic E-state index is 0.683. The molecular weight excluding hydrogens is 324 g/mol. The number of nitrogens with zero attached hydrogens (tertiary/aromatic N) is 3. The molecule has 0 bridgehead atoms. The second kappa shape index (κ2) is 5.30. The van der Waals surface area contributed by atoms with Gasteiger partial charge in [0.1, 0.15) is 12.1 Å². The molecule has 1 fully saturated rings. The van der Waals surface area contributed by atoms with Crippen LogP contribution in [0, 0.1) is 9.49 Å². The van der Waals surface area contributed by atoms with E-state index in [0.717, 1.165) is 28.4 Å². The van der Waals surface area contributed by atoms with Gasteiger partial charge >= 0.3 is 0 Å². The van der Waals surface area contributed by atoms with Crippen molar-refractivity contribution in [3.05, 3.63) is 16.1 Å². The zero-order valence-electron chi connectivity index (χ0n) is 8.37. The first-order valence-electron chi connectivity index (χ1n) is 5.07. The van der Waals surface area contributed by atoms with Crippen LogP contribution in [-0.4, -0.2) is 28.9 Å². The van der Waals surface area contributed by atoms with Crippen LogP contribution in [0.3, 0.4) is 0 Å². The van der Waals surface area contributed by atoms with Crippen molar-refractivity contribution in [2.24, 2.45) is 5.92 Å². The molecule has 1 aliphatic rings. The number of piperidine rings is 1. The molecular formula is C10H13ClIN3. The van der Waals surface area contributed by atoms with E-state index in [0.29, 0.717) is 5.92 Å². The highest BCUT2D eigenvalue weighted by atomic mass is 127. The lowest BCUT2D eigenvalue weighted by Crippen LogP contribution is -2.35. The Morgan fingerprint density at radius 3 is 2.80 bits per heavy atom. The number of halogens is 2. The molecule has 1 saturated heterocycles. The molecule has 0 radical (unpaired) electrons. The van der Waals surface area contributed by atoms with E-state index in [1.807, 2.05) is 6.20 Å². The van der Waals surface area contributed by atoms with Crippen LogP contribution in [-0.2, 0) is 0 Å². The maximum atomic E-state index is 5.86. The molecule has 82 valence electrons. The number of rotatable bonds is 2. The maximum Gasteiger partial charge on any atom is 0.145 e. The lowest BCUT2D eigenvalue weighted by molar-refractivity contribution is 0.440. The van der Waals surface area contributed by atoms with Crippen LogP contribution in [0.1, 0.15) is 12.8 Å². The van der Waals surface area contributed by atoms with E-state index < -0.39 is 0 Å². The third-order valence-electron chi connectivity index (χ3n) is 2.78. The van der Waals surface area contributed by atoms with E-state index in [4.69, 9.17) is 11.6 Å². The van der Waals surface area contributed by atoms with E-state index in [2.05, 4.69) is 37.5 Å². The Labute approximate surface area is 108 Å². The zero-order chi connectivity index (χ0) is 10.7. The van der Waals surface area contributed by atoms with Gasteiger partial charge in [0.05, 0.1) is 3.57 Å². The molecule has 3 nitrogen and oxygen atoms in total. The molecule has 0 unspecified atom stereocenters. The quantitative estimate of drug-likeness (QED) is 0.613. The van der Waals surface area contributed by atoms with Crippen molar-refractivity contribution in [3.8, 4) is 0 Å². The first-order chi connectivity index (χ1) is 7.31. The van der Waals surface area contributed by atoms with E-state index in [1.54, 1.807) is 6.33 Å². The van der Waals surface area contributed by atoms with E-state index >= 15 is 0 Å². The molecule has 0 aromatic carbocycles. The second-order valence-corrected chi connectivity index (χ2v) is 5.25. The van der Waals surface area contributed by atoms with Gasteiger partial charge in [0, 0.05) is 25.2 Å². The summed E-state index contributed by atoms with van der Waals surface area (Å²) in [6.45, 7) is 2.12. The van der Waals surface area contributed by atoms with Gasteiger partial charge in [-0.15, -0.1) is 11.6 Å². The highest BCUT2D eigenvalue weighted by Crippen LogP contribution is 2.25. The molecule has 1 aliphatic heterocycles. The second-order valence-electron chi connectivity index (χ2n) is 3.78. The van der Waals surface area contributed by atoms with Gasteiger partial charge in [-0.1, -0.05) is 0 Å². The standard InChI is InChI=1S/C10H13ClIN3/c11-5-8-1-3-15(4-2-8)10-9(12)6-13-7-14-10/h6-8H,1-5H2. The molecule has 0 spiro atoms. The van der Waals surface area contributed by atoms with Crippen molar-refractivity contribution in [3.63, 3.8) is 0 Å². The molecule has 0 aliphatic carbocycles. The molecule has 1 aromatic rings. The topological polar surface area (TPSA) is 29.0 Å². The van der Waals surface area contributed by atoms with Gasteiger partial charge in [-0.2, -0.15) is 0 Å². The minimum atomic E-state index is 0.683. The largest absolute Gasteiger partial charge is 0.356 e. The predicted octanol–water partition coefficient (Wildman–Crippen LogP) is 2.54. The summed E-state index contributed by atoms with van der Waals surface area (Å²) in [6.07, 6.45) is 5.81. The lowest BCUT2D eigenvalue weighted by Gasteiger charge is -2.32. The summed E-state index contributed by atoms with van der Waals surface area (Å²) in [7, 11) is 0. The van der Waals surface area contributed by atoms with Crippen LogP contribution in [0.25, 0.3) is 0 Å². The average molecular weight is 338 g/mol. The highest BCUT2D eigenvalue weighted by molar-refractivity contribution is 14.1. The Kier molecular flexibility index (Phi) is 4.02. The summed E-state index contributed by atoms with van der Waals surface area (Å²) < 4.78 is 1.12. The Balaban J connectivity index is 2.04. The van der Waals surface area contributed by atoms with Crippen molar-refractivity contribution < 1.29 is 0 Å². The van der Waals surface area contributed by atoms with Crippen LogP contribution in [0.15, 0.2) is 12.5 Å². The van der Waals surface area contributed by atoms with Crippen LogP contribution < -0.4 is 4.90 Å². The van der Waals surface area contributed by atoms with E-state index in [-0.39, 0.29) is 0 Å². The Morgan fingerprint density at radius 2 is 2.20 bits per heavy atom. The Morgan fingerprint density at radius 1 is 1.47 bits per heavy atom. The number of alkyl halides is 1. The van der Waals surface area contributed by atoms with Crippen molar-refractivity contribution >= 4 is 40.0 Å². The molecule has 5 heteroatoms. The fraction of sp³-hybridized carbons (Fsp3) is 0.600. The fourth-order valence-electron chi connectivity index (χ4n) is 1.84. The normalized spacial score (nSPS) is 18.1. The maximum absolute atomic E-state index is 5.86. The van der Waals surface area contributed by atoms with Crippen LogP contribution in [0.4, 0.5) is 5.82 Å².